The van der Waals surface area contributed by atoms with Gasteiger partial charge in [-0.15, -0.1) is 0 Å². The van der Waals surface area contributed by atoms with E-state index in [1.165, 1.54) is 11.5 Å². The van der Waals surface area contributed by atoms with Gasteiger partial charge in [-0.1, -0.05) is 12.2 Å². The minimum atomic E-state index is 0.404. The van der Waals surface area contributed by atoms with E-state index in [1.807, 2.05) is 23.9 Å². The summed E-state index contributed by atoms with van der Waals surface area (Å²) >= 11 is 6.91. The van der Waals surface area contributed by atoms with E-state index in [2.05, 4.69) is 16.8 Å². The smallest absolute Gasteiger partial charge is 0.128 e. The fraction of sp³-hybridized carbons (Fsp3) is 0.455. The third-order valence-corrected chi connectivity index (χ3v) is 4.12. The molecule has 1 aliphatic heterocycles. The van der Waals surface area contributed by atoms with Gasteiger partial charge in [0.2, 0.25) is 0 Å². The Morgan fingerprint density at radius 3 is 3.00 bits per heavy atom. The molecule has 2 heterocycles. The minimum Gasteiger partial charge on any atom is -0.389 e. The Bertz CT molecular complexity index is 377. The number of hydrogen-bond donors (Lipinski definition) is 1. The van der Waals surface area contributed by atoms with Crippen molar-refractivity contribution in [1.82, 2.24) is 4.98 Å². The Morgan fingerprint density at radius 2 is 2.44 bits per heavy atom. The summed E-state index contributed by atoms with van der Waals surface area (Å²) in [5.41, 5.74) is 6.38. The predicted molar refractivity (Wildman–Crippen MR) is 74.3 cm³/mol. The van der Waals surface area contributed by atoms with Gasteiger partial charge >= 0.3 is 0 Å². The van der Waals surface area contributed by atoms with Crippen molar-refractivity contribution in [3.05, 3.63) is 23.9 Å². The van der Waals surface area contributed by atoms with Crippen LogP contribution in [0.3, 0.4) is 0 Å². The first-order valence-electron chi connectivity index (χ1n) is 5.28. The van der Waals surface area contributed by atoms with Crippen molar-refractivity contribution in [2.24, 2.45) is 5.73 Å². The molecule has 0 amide bonds. The Morgan fingerprint density at radius 1 is 1.62 bits per heavy atom. The number of aromatic nitrogens is 1. The standard InChI is InChI=1S/C11H15N3S2/c1-8-7-16-5-4-14(8)10-3-2-9(6-13-10)11(12)15/h2-3,6,8H,4-5,7H2,1H3,(H2,12,15). The number of anilines is 1. The first-order valence-corrected chi connectivity index (χ1v) is 6.85. The molecule has 0 aromatic carbocycles. The maximum atomic E-state index is 5.54. The molecule has 1 unspecified atom stereocenters. The average Bonchev–Trinajstić information content (AvgIpc) is 2.30. The van der Waals surface area contributed by atoms with E-state index < -0.39 is 0 Å². The number of pyridine rings is 1. The van der Waals surface area contributed by atoms with Crippen molar-refractivity contribution in [2.75, 3.05) is 23.0 Å². The summed E-state index contributed by atoms with van der Waals surface area (Å²) < 4.78 is 0. The molecule has 3 nitrogen and oxygen atoms in total. The maximum Gasteiger partial charge on any atom is 0.128 e. The van der Waals surface area contributed by atoms with Gasteiger partial charge in [-0.3, -0.25) is 0 Å². The van der Waals surface area contributed by atoms with E-state index in [0.717, 1.165) is 17.9 Å². The van der Waals surface area contributed by atoms with Crippen LogP contribution in [0.5, 0.6) is 0 Å². The second-order valence-electron chi connectivity index (χ2n) is 3.89. The predicted octanol–water partition coefficient (Wildman–Crippen LogP) is 1.66. The van der Waals surface area contributed by atoms with Gasteiger partial charge in [0.1, 0.15) is 10.8 Å². The molecule has 1 aromatic rings. The zero-order chi connectivity index (χ0) is 11.5. The number of thiocarbonyl (C=S) groups is 1. The second-order valence-corrected chi connectivity index (χ2v) is 5.48. The number of nitrogens with two attached hydrogens (primary N) is 1. The molecule has 1 saturated heterocycles. The quantitative estimate of drug-likeness (QED) is 0.812. The third kappa shape index (κ3) is 2.47. The molecule has 86 valence electrons. The Labute approximate surface area is 105 Å². The summed E-state index contributed by atoms with van der Waals surface area (Å²) in [6.45, 7) is 3.29. The van der Waals surface area contributed by atoms with E-state index in [0.29, 0.717) is 11.0 Å². The Kier molecular flexibility index (Phi) is 3.66. The monoisotopic (exact) mass is 253 g/mol. The van der Waals surface area contributed by atoms with Crippen molar-refractivity contribution in [3.8, 4) is 0 Å². The lowest BCUT2D eigenvalue weighted by Crippen LogP contribution is -2.40. The molecule has 0 saturated carbocycles. The zero-order valence-electron chi connectivity index (χ0n) is 9.22. The fourth-order valence-corrected chi connectivity index (χ4v) is 2.90. The van der Waals surface area contributed by atoms with Gasteiger partial charge in [-0.2, -0.15) is 11.8 Å². The molecule has 0 spiro atoms. The first-order chi connectivity index (χ1) is 7.68. The molecule has 2 N–H and O–H groups in total. The highest BCUT2D eigenvalue weighted by molar-refractivity contribution is 7.99. The number of hydrogen-bond acceptors (Lipinski definition) is 4. The number of thioether (sulfide) groups is 1. The fourth-order valence-electron chi connectivity index (χ4n) is 1.77. The average molecular weight is 253 g/mol. The van der Waals surface area contributed by atoms with E-state index in [9.17, 15) is 0 Å². The van der Waals surface area contributed by atoms with Crippen LogP contribution in [0.25, 0.3) is 0 Å². The van der Waals surface area contributed by atoms with Gasteiger partial charge in [0.15, 0.2) is 0 Å². The van der Waals surface area contributed by atoms with Gasteiger partial charge in [0, 0.05) is 35.9 Å². The molecule has 16 heavy (non-hydrogen) atoms. The Hall–Kier alpha value is -0.810. The summed E-state index contributed by atoms with van der Waals surface area (Å²) in [5, 5.41) is 0. The van der Waals surface area contributed by atoms with Crippen LogP contribution in [0.1, 0.15) is 12.5 Å². The summed E-state index contributed by atoms with van der Waals surface area (Å²) in [7, 11) is 0. The van der Waals surface area contributed by atoms with Crippen LogP contribution < -0.4 is 10.6 Å². The molecule has 1 aromatic heterocycles. The molecule has 0 bridgehead atoms. The van der Waals surface area contributed by atoms with Crippen LogP contribution in [0.2, 0.25) is 0 Å². The molecule has 2 rings (SSSR count). The zero-order valence-corrected chi connectivity index (χ0v) is 10.9. The molecular formula is C11H15N3S2. The molecule has 1 fully saturated rings. The highest BCUT2D eigenvalue weighted by Gasteiger charge is 2.19. The van der Waals surface area contributed by atoms with Crippen molar-refractivity contribution < 1.29 is 0 Å². The van der Waals surface area contributed by atoms with Gasteiger partial charge < -0.3 is 10.6 Å². The van der Waals surface area contributed by atoms with Crippen LogP contribution in [0.15, 0.2) is 18.3 Å². The lowest BCUT2D eigenvalue weighted by Gasteiger charge is -2.34. The molecular weight excluding hydrogens is 238 g/mol. The van der Waals surface area contributed by atoms with Crippen LogP contribution in [0, 0.1) is 0 Å². The highest BCUT2D eigenvalue weighted by Crippen LogP contribution is 2.21. The van der Waals surface area contributed by atoms with Gasteiger partial charge in [0.25, 0.3) is 0 Å². The molecule has 1 aliphatic rings. The summed E-state index contributed by atoms with van der Waals surface area (Å²) in [4.78, 5) is 7.16. The molecule has 0 aliphatic carbocycles. The first kappa shape index (κ1) is 11.7. The van der Waals surface area contributed by atoms with E-state index in [4.69, 9.17) is 18.0 Å². The lowest BCUT2D eigenvalue weighted by atomic mass is 10.2. The summed E-state index contributed by atoms with van der Waals surface area (Å²) in [6, 6.07) is 4.49. The largest absolute Gasteiger partial charge is 0.389 e. The van der Waals surface area contributed by atoms with E-state index in [-0.39, 0.29) is 0 Å². The SMILES string of the molecule is CC1CSCCN1c1ccc(C(N)=S)cn1. The topological polar surface area (TPSA) is 42.1 Å². The normalized spacial score (nSPS) is 20.8. The summed E-state index contributed by atoms with van der Waals surface area (Å²) in [6.07, 6.45) is 1.76. The van der Waals surface area contributed by atoms with Gasteiger partial charge in [-0.05, 0) is 19.1 Å². The van der Waals surface area contributed by atoms with Crippen molar-refractivity contribution in [2.45, 2.75) is 13.0 Å². The van der Waals surface area contributed by atoms with Crippen molar-refractivity contribution in [1.29, 1.82) is 0 Å². The summed E-state index contributed by atoms with van der Waals surface area (Å²) in [5.74, 6) is 3.36. The van der Waals surface area contributed by atoms with E-state index >= 15 is 0 Å². The van der Waals surface area contributed by atoms with E-state index in [1.54, 1.807) is 6.20 Å². The van der Waals surface area contributed by atoms with Gasteiger partial charge in [0.05, 0.1) is 0 Å². The molecule has 1 atom stereocenters. The number of rotatable bonds is 2. The highest BCUT2D eigenvalue weighted by atomic mass is 32.2. The minimum absolute atomic E-state index is 0.404. The Balaban J connectivity index is 2.17. The van der Waals surface area contributed by atoms with Crippen molar-refractivity contribution >= 4 is 34.8 Å². The van der Waals surface area contributed by atoms with Crippen LogP contribution in [-0.4, -0.2) is 34.1 Å². The van der Waals surface area contributed by atoms with Crippen molar-refractivity contribution in [3.63, 3.8) is 0 Å². The second kappa shape index (κ2) is 5.01. The molecule has 0 radical (unpaired) electrons. The maximum absolute atomic E-state index is 5.54. The van der Waals surface area contributed by atoms with Crippen LogP contribution >= 0.6 is 24.0 Å². The van der Waals surface area contributed by atoms with Crippen LogP contribution in [-0.2, 0) is 0 Å². The lowest BCUT2D eigenvalue weighted by molar-refractivity contribution is 0.690. The van der Waals surface area contributed by atoms with Gasteiger partial charge in [-0.25, -0.2) is 4.98 Å². The molecule has 5 heteroatoms. The number of nitrogens with zero attached hydrogens (tertiary/aromatic N) is 2. The third-order valence-electron chi connectivity index (χ3n) is 2.69. The van der Waals surface area contributed by atoms with Crippen LogP contribution in [0.4, 0.5) is 5.82 Å².